The van der Waals surface area contributed by atoms with Crippen LogP contribution >= 0.6 is 0 Å². The van der Waals surface area contributed by atoms with Gasteiger partial charge in [-0.2, -0.15) is 0 Å². The number of hydrogen-bond acceptors (Lipinski definition) is 3. The lowest BCUT2D eigenvalue weighted by atomic mass is 9.72. The second-order valence-electron chi connectivity index (χ2n) is 8.84. The van der Waals surface area contributed by atoms with Crippen molar-refractivity contribution in [1.82, 2.24) is 15.2 Å². The van der Waals surface area contributed by atoms with Gasteiger partial charge in [-0.15, -0.1) is 0 Å². The summed E-state index contributed by atoms with van der Waals surface area (Å²) in [5.41, 5.74) is 3.96. The molecule has 33 heavy (non-hydrogen) atoms. The van der Waals surface area contributed by atoms with Crippen LogP contribution in [0.3, 0.4) is 0 Å². The third-order valence-corrected chi connectivity index (χ3v) is 6.72. The van der Waals surface area contributed by atoms with E-state index in [2.05, 4.69) is 40.6 Å². The van der Waals surface area contributed by atoms with Crippen molar-refractivity contribution in [1.29, 1.82) is 0 Å². The van der Waals surface area contributed by atoms with Crippen LogP contribution in [-0.4, -0.2) is 41.8 Å². The van der Waals surface area contributed by atoms with Crippen LogP contribution in [0.15, 0.2) is 79.1 Å². The molecule has 1 N–H and O–H groups in total. The maximum absolute atomic E-state index is 13.0. The van der Waals surface area contributed by atoms with Crippen molar-refractivity contribution in [2.45, 2.75) is 32.1 Å². The lowest BCUT2D eigenvalue weighted by molar-refractivity contribution is -0.140. The molecule has 0 bridgehead atoms. The smallest absolute Gasteiger partial charge is 0.226 e. The van der Waals surface area contributed by atoms with Crippen LogP contribution in [0, 0.1) is 5.41 Å². The number of likely N-dealkylation sites (tertiary alicyclic amines) is 1. The van der Waals surface area contributed by atoms with Crippen molar-refractivity contribution in [3.8, 4) is 11.1 Å². The second-order valence-corrected chi connectivity index (χ2v) is 8.84. The number of nitrogens with one attached hydrogen (secondary N) is 1. The van der Waals surface area contributed by atoms with E-state index in [1.807, 2.05) is 47.5 Å². The van der Waals surface area contributed by atoms with Crippen LogP contribution in [0.2, 0.25) is 0 Å². The molecule has 0 atom stereocenters. The molecule has 0 saturated carbocycles. The molecule has 5 heteroatoms. The molecule has 1 saturated heterocycles. The first kappa shape index (κ1) is 22.7. The number of benzene rings is 2. The van der Waals surface area contributed by atoms with E-state index >= 15 is 0 Å². The minimum atomic E-state index is -0.501. The molecule has 1 aliphatic heterocycles. The van der Waals surface area contributed by atoms with Crippen molar-refractivity contribution < 1.29 is 9.59 Å². The molecule has 5 nitrogen and oxygen atoms in total. The molecule has 2 heterocycles. The molecular weight excluding hydrogens is 410 g/mol. The molecule has 0 radical (unpaired) electrons. The number of amides is 2. The van der Waals surface area contributed by atoms with E-state index in [9.17, 15) is 9.59 Å². The Kier molecular flexibility index (Phi) is 7.18. The molecule has 0 spiro atoms. The van der Waals surface area contributed by atoms with E-state index < -0.39 is 5.41 Å². The molecule has 1 aliphatic rings. The van der Waals surface area contributed by atoms with Gasteiger partial charge in [0.05, 0.1) is 5.41 Å². The number of rotatable bonds is 7. The summed E-state index contributed by atoms with van der Waals surface area (Å²) in [6, 6.07) is 22.4. The maximum Gasteiger partial charge on any atom is 0.226 e. The molecule has 1 fully saturated rings. The number of carbonyl (C=O) groups excluding carboxylic acids is 2. The van der Waals surface area contributed by atoms with Gasteiger partial charge in [0.1, 0.15) is 0 Å². The Morgan fingerprint density at radius 3 is 2.36 bits per heavy atom. The first-order valence-corrected chi connectivity index (χ1v) is 11.6. The summed E-state index contributed by atoms with van der Waals surface area (Å²) in [4.78, 5) is 32.0. The predicted octanol–water partition coefficient (Wildman–Crippen LogP) is 4.28. The molecule has 3 aromatic rings. The largest absolute Gasteiger partial charge is 0.359 e. The van der Waals surface area contributed by atoms with E-state index in [-0.39, 0.29) is 11.8 Å². The standard InChI is InChI=1S/C28H31N3O2/c1-29-27(33)28(20-23-9-5-10-24(19-23)25-11-6-16-30-21-25)14-17-31(18-15-28)26(32)13-12-22-7-3-2-4-8-22/h2-11,16,19,21H,12-15,17-18,20H2,1H3,(H,29,33). The molecule has 170 valence electrons. The predicted molar refractivity (Wildman–Crippen MR) is 130 cm³/mol. The monoisotopic (exact) mass is 441 g/mol. The SMILES string of the molecule is CNC(=O)C1(Cc2cccc(-c3cccnc3)c2)CCN(C(=O)CCc2ccccc2)CC1. The molecule has 0 unspecified atom stereocenters. The number of pyridine rings is 1. The summed E-state index contributed by atoms with van der Waals surface area (Å²) < 4.78 is 0. The fourth-order valence-electron chi connectivity index (χ4n) is 4.77. The molecule has 2 amide bonds. The van der Waals surface area contributed by atoms with Gasteiger partial charge >= 0.3 is 0 Å². The molecule has 4 rings (SSSR count). The molecule has 1 aromatic heterocycles. The quantitative estimate of drug-likeness (QED) is 0.595. The third kappa shape index (κ3) is 5.48. The van der Waals surface area contributed by atoms with Crippen LogP contribution in [0.5, 0.6) is 0 Å². The summed E-state index contributed by atoms with van der Waals surface area (Å²) in [5.74, 6) is 0.230. The zero-order valence-corrected chi connectivity index (χ0v) is 19.2. The van der Waals surface area contributed by atoms with Crippen molar-refractivity contribution in [2.75, 3.05) is 20.1 Å². The Morgan fingerprint density at radius 1 is 0.939 bits per heavy atom. The molecule has 0 aliphatic carbocycles. The number of hydrogen-bond donors (Lipinski definition) is 1. The summed E-state index contributed by atoms with van der Waals surface area (Å²) >= 11 is 0. The third-order valence-electron chi connectivity index (χ3n) is 6.72. The van der Waals surface area contributed by atoms with Gasteiger partial charge in [-0.3, -0.25) is 14.6 Å². The van der Waals surface area contributed by atoms with Gasteiger partial charge in [-0.1, -0.05) is 60.7 Å². The first-order valence-electron chi connectivity index (χ1n) is 11.6. The molecule has 2 aromatic carbocycles. The highest BCUT2D eigenvalue weighted by atomic mass is 16.2. The van der Waals surface area contributed by atoms with E-state index in [1.54, 1.807) is 13.2 Å². The Hall–Kier alpha value is -3.47. The number of piperidine rings is 1. The first-order chi connectivity index (χ1) is 16.1. The van der Waals surface area contributed by atoms with Crippen LogP contribution in [0.25, 0.3) is 11.1 Å². The van der Waals surface area contributed by atoms with Gasteiger partial charge in [0.25, 0.3) is 0 Å². The topological polar surface area (TPSA) is 62.3 Å². The van der Waals surface area contributed by atoms with Crippen LogP contribution in [-0.2, 0) is 22.4 Å². The lowest BCUT2D eigenvalue weighted by Gasteiger charge is -2.40. The highest BCUT2D eigenvalue weighted by Gasteiger charge is 2.41. The Balaban J connectivity index is 1.43. The van der Waals surface area contributed by atoms with Crippen LogP contribution in [0.4, 0.5) is 0 Å². The minimum absolute atomic E-state index is 0.0608. The fraction of sp³-hybridized carbons (Fsp3) is 0.321. The van der Waals surface area contributed by atoms with E-state index in [0.29, 0.717) is 38.8 Å². The molecular formula is C28H31N3O2. The number of aryl methyl sites for hydroxylation is 1. The van der Waals surface area contributed by atoms with Crippen molar-refractivity contribution >= 4 is 11.8 Å². The highest BCUT2D eigenvalue weighted by molar-refractivity contribution is 5.83. The maximum atomic E-state index is 13.0. The van der Waals surface area contributed by atoms with E-state index in [1.165, 1.54) is 5.56 Å². The average Bonchev–Trinajstić information content (AvgIpc) is 2.88. The van der Waals surface area contributed by atoms with Gasteiger partial charge in [0.2, 0.25) is 11.8 Å². The van der Waals surface area contributed by atoms with Crippen LogP contribution < -0.4 is 5.32 Å². The minimum Gasteiger partial charge on any atom is -0.359 e. The number of nitrogens with zero attached hydrogens (tertiary/aromatic N) is 2. The summed E-state index contributed by atoms with van der Waals surface area (Å²) in [7, 11) is 1.70. The second kappa shape index (κ2) is 10.4. The van der Waals surface area contributed by atoms with Crippen molar-refractivity contribution in [3.05, 3.63) is 90.3 Å². The van der Waals surface area contributed by atoms with Crippen LogP contribution in [0.1, 0.15) is 30.4 Å². The Labute approximate surface area is 195 Å². The lowest BCUT2D eigenvalue weighted by Crippen LogP contribution is -2.50. The number of aromatic nitrogens is 1. The fourth-order valence-corrected chi connectivity index (χ4v) is 4.77. The van der Waals surface area contributed by atoms with Gasteiger partial charge in [-0.25, -0.2) is 0 Å². The average molecular weight is 442 g/mol. The Morgan fingerprint density at radius 2 is 1.67 bits per heavy atom. The van der Waals surface area contributed by atoms with E-state index in [4.69, 9.17) is 0 Å². The van der Waals surface area contributed by atoms with Crippen molar-refractivity contribution in [2.24, 2.45) is 5.41 Å². The van der Waals surface area contributed by atoms with Gasteiger partial charge in [-0.05, 0) is 54.0 Å². The number of carbonyl (C=O) groups is 2. The van der Waals surface area contributed by atoms with Gasteiger partial charge in [0, 0.05) is 39.0 Å². The van der Waals surface area contributed by atoms with E-state index in [0.717, 1.165) is 23.1 Å². The van der Waals surface area contributed by atoms with Crippen molar-refractivity contribution in [3.63, 3.8) is 0 Å². The zero-order valence-electron chi connectivity index (χ0n) is 19.2. The summed E-state index contributed by atoms with van der Waals surface area (Å²) in [6.07, 6.45) is 6.87. The zero-order chi connectivity index (χ0) is 23.1. The van der Waals surface area contributed by atoms with Gasteiger partial charge < -0.3 is 10.2 Å². The summed E-state index contributed by atoms with van der Waals surface area (Å²) in [5, 5.41) is 2.88. The Bertz CT molecular complexity index is 1070. The highest BCUT2D eigenvalue weighted by Crippen LogP contribution is 2.36. The van der Waals surface area contributed by atoms with Gasteiger partial charge in [0.15, 0.2) is 0 Å². The normalized spacial score (nSPS) is 15.1. The summed E-state index contributed by atoms with van der Waals surface area (Å²) in [6.45, 7) is 1.23.